The first-order chi connectivity index (χ1) is 15.4. The number of carbonyl (C=O) groups excluding carboxylic acids is 1. The van der Waals surface area contributed by atoms with Gasteiger partial charge in [0.2, 0.25) is 0 Å². The fraction of sp³-hybridized carbons (Fsp3) is 0.227. The standard InChI is InChI=1S/C22H20ClN5O3S/c1-14-16(5-3-6-18(14)28(30)31)21(29)27(11-4-10-26-12-9-24-13-26)22-25-20-15(2)17(23)7-8-19(20)32-22/h3,5-9,12-13H,4,10-11H2,1-2H3. The van der Waals surface area contributed by atoms with E-state index in [1.165, 1.54) is 23.5 Å². The molecule has 0 aliphatic rings. The normalized spacial score (nSPS) is 11.1. The van der Waals surface area contributed by atoms with Crippen LogP contribution in [0.15, 0.2) is 49.1 Å². The summed E-state index contributed by atoms with van der Waals surface area (Å²) in [5.41, 5.74) is 2.14. The molecule has 1 amide bonds. The van der Waals surface area contributed by atoms with Gasteiger partial charge in [-0.05, 0) is 44.0 Å². The molecule has 0 atom stereocenters. The van der Waals surface area contributed by atoms with Gasteiger partial charge in [0.25, 0.3) is 11.6 Å². The summed E-state index contributed by atoms with van der Waals surface area (Å²) in [7, 11) is 0. The first-order valence-corrected chi connectivity index (χ1v) is 11.1. The number of hydrogen-bond donors (Lipinski definition) is 0. The summed E-state index contributed by atoms with van der Waals surface area (Å²) < 4.78 is 2.86. The maximum absolute atomic E-state index is 13.6. The lowest BCUT2D eigenvalue weighted by molar-refractivity contribution is -0.385. The number of nitro groups is 1. The minimum Gasteiger partial charge on any atom is -0.337 e. The maximum atomic E-state index is 13.6. The van der Waals surface area contributed by atoms with Crippen LogP contribution in [0.1, 0.15) is 27.9 Å². The van der Waals surface area contributed by atoms with E-state index < -0.39 is 4.92 Å². The third-order valence-corrected chi connectivity index (χ3v) is 6.76. The van der Waals surface area contributed by atoms with Crippen LogP contribution in [0.25, 0.3) is 10.2 Å². The van der Waals surface area contributed by atoms with Crippen molar-refractivity contribution in [1.82, 2.24) is 14.5 Å². The third-order valence-electron chi connectivity index (χ3n) is 5.30. The van der Waals surface area contributed by atoms with E-state index in [1.54, 1.807) is 30.4 Å². The molecule has 0 unspecified atom stereocenters. The van der Waals surface area contributed by atoms with Gasteiger partial charge in [0.1, 0.15) is 0 Å². The van der Waals surface area contributed by atoms with E-state index in [4.69, 9.17) is 16.6 Å². The molecule has 10 heteroatoms. The number of aryl methyl sites for hydroxylation is 2. The smallest absolute Gasteiger partial charge is 0.273 e. The molecular formula is C22H20ClN5O3S. The van der Waals surface area contributed by atoms with Gasteiger partial charge in [0, 0.05) is 47.7 Å². The Kier molecular flexibility index (Phi) is 6.20. The predicted molar refractivity (Wildman–Crippen MR) is 126 cm³/mol. The van der Waals surface area contributed by atoms with Crippen molar-refractivity contribution >= 4 is 49.9 Å². The second-order valence-corrected chi connectivity index (χ2v) is 8.75. The molecule has 32 heavy (non-hydrogen) atoms. The summed E-state index contributed by atoms with van der Waals surface area (Å²) in [5.74, 6) is -0.320. The van der Waals surface area contributed by atoms with E-state index in [1.807, 2.05) is 29.8 Å². The van der Waals surface area contributed by atoms with Crippen molar-refractivity contribution in [3.63, 3.8) is 0 Å². The number of halogens is 1. The van der Waals surface area contributed by atoms with Crippen LogP contribution in [-0.2, 0) is 6.54 Å². The van der Waals surface area contributed by atoms with E-state index in [2.05, 4.69) is 4.98 Å². The molecule has 0 aliphatic heterocycles. The number of benzene rings is 2. The number of aromatic nitrogens is 3. The third kappa shape index (κ3) is 4.21. The van der Waals surface area contributed by atoms with Gasteiger partial charge >= 0.3 is 0 Å². The summed E-state index contributed by atoms with van der Waals surface area (Å²) in [6.07, 6.45) is 5.95. The molecule has 0 fully saturated rings. The molecule has 4 aromatic rings. The SMILES string of the molecule is Cc1c(C(=O)N(CCCn2ccnc2)c2nc3c(C)c(Cl)ccc3s2)cccc1[N+](=O)[O-]. The lowest BCUT2D eigenvalue weighted by Crippen LogP contribution is -2.33. The van der Waals surface area contributed by atoms with Crippen LogP contribution >= 0.6 is 22.9 Å². The number of nitro benzene ring substituents is 1. The van der Waals surface area contributed by atoms with Crippen LogP contribution in [0.3, 0.4) is 0 Å². The van der Waals surface area contributed by atoms with E-state index in [0.29, 0.717) is 35.2 Å². The zero-order valence-corrected chi connectivity index (χ0v) is 19.1. The molecule has 0 aliphatic carbocycles. The Morgan fingerprint density at radius 2 is 2.06 bits per heavy atom. The molecular weight excluding hydrogens is 450 g/mol. The van der Waals surface area contributed by atoms with Gasteiger partial charge in [-0.15, -0.1) is 0 Å². The number of thiazole rings is 1. The quantitative estimate of drug-likeness (QED) is 0.266. The molecule has 2 aromatic carbocycles. The largest absolute Gasteiger partial charge is 0.337 e. The predicted octanol–water partition coefficient (Wildman–Crippen LogP) is 5.41. The van der Waals surface area contributed by atoms with Gasteiger partial charge in [-0.2, -0.15) is 0 Å². The zero-order chi connectivity index (χ0) is 22.8. The fourth-order valence-corrected chi connectivity index (χ4v) is 4.72. The molecule has 8 nitrogen and oxygen atoms in total. The van der Waals surface area contributed by atoms with E-state index in [-0.39, 0.29) is 17.2 Å². The molecule has 0 bridgehead atoms. The van der Waals surface area contributed by atoms with E-state index in [9.17, 15) is 14.9 Å². The van der Waals surface area contributed by atoms with Crippen molar-refractivity contribution in [3.05, 3.63) is 80.9 Å². The molecule has 0 spiro atoms. The number of imidazole rings is 1. The number of nitrogens with zero attached hydrogens (tertiary/aromatic N) is 5. The summed E-state index contributed by atoms with van der Waals surface area (Å²) in [4.78, 5) is 34.8. The Morgan fingerprint density at radius 1 is 1.25 bits per heavy atom. The highest BCUT2D eigenvalue weighted by molar-refractivity contribution is 7.22. The van der Waals surface area contributed by atoms with Crippen molar-refractivity contribution in [3.8, 4) is 0 Å². The molecule has 2 aromatic heterocycles. The number of carbonyl (C=O) groups is 1. The molecule has 0 N–H and O–H groups in total. The second-order valence-electron chi connectivity index (χ2n) is 7.33. The summed E-state index contributed by atoms with van der Waals surface area (Å²) in [6, 6.07) is 8.25. The van der Waals surface area contributed by atoms with Crippen LogP contribution in [0.2, 0.25) is 5.02 Å². The summed E-state index contributed by atoms with van der Waals surface area (Å²) in [6.45, 7) is 4.56. The van der Waals surface area contributed by atoms with Gasteiger partial charge in [-0.1, -0.05) is 29.0 Å². The Balaban J connectivity index is 1.72. The molecule has 2 heterocycles. The monoisotopic (exact) mass is 469 g/mol. The Labute approximate surface area is 193 Å². The topological polar surface area (TPSA) is 94.2 Å². The number of anilines is 1. The van der Waals surface area contributed by atoms with Crippen molar-refractivity contribution in [1.29, 1.82) is 0 Å². The van der Waals surface area contributed by atoms with Gasteiger partial charge in [-0.3, -0.25) is 19.8 Å². The minimum absolute atomic E-state index is 0.0823. The molecule has 0 radical (unpaired) electrons. The average molecular weight is 470 g/mol. The van der Waals surface area contributed by atoms with Gasteiger partial charge < -0.3 is 4.57 Å². The Morgan fingerprint density at radius 3 is 2.78 bits per heavy atom. The highest BCUT2D eigenvalue weighted by Crippen LogP contribution is 2.35. The van der Waals surface area contributed by atoms with Crippen molar-refractivity contribution in [2.45, 2.75) is 26.8 Å². The van der Waals surface area contributed by atoms with Crippen LogP contribution in [0, 0.1) is 24.0 Å². The van der Waals surface area contributed by atoms with E-state index in [0.717, 1.165) is 15.8 Å². The van der Waals surface area contributed by atoms with Crippen LogP contribution < -0.4 is 4.90 Å². The second kappa shape index (κ2) is 9.05. The fourth-order valence-electron chi connectivity index (χ4n) is 3.52. The van der Waals surface area contributed by atoms with Gasteiger partial charge in [0.15, 0.2) is 5.13 Å². The van der Waals surface area contributed by atoms with Crippen molar-refractivity contribution in [2.24, 2.45) is 0 Å². The highest BCUT2D eigenvalue weighted by atomic mass is 35.5. The average Bonchev–Trinajstić information content (AvgIpc) is 3.43. The number of amides is 1. The Bertz CT molecular complexity index is 1300. The summed E-state index contributed by atoms with van der Waals surface area (Å²) in [5, 5.41) is 12.5. The van der Waals surface area contributed by atoms with Crippen LogP contribution in [-0.4, -0.2) is 31.9 Å². The van der Waals surface area contributed by atoms with Crippen LogP contribution in [0.4, 0.5) is 10.8 Å². The molecule has 0 saturated carbocycles. The number of rotatable bonds is 7. The summed E-state index contributed by atoms with van der Waals surface area (Å²) >= 11 is 7.65. The van der Waals surface area contributed by atoms with Crippen molar-refractivity contribution < 1.29 is 9.72 Å². The van der Waals surface area contributed by atoms with Gasteiger partial charge in [0.05, 0.1) is 21.5 Å². The molecule has 0 saturated heterocycles. The highest BCUT2D eigenvalue weighted by Gasteiger charge is 2.26. The van der Waals surface area contributed by atoms with E-state index >= 15 is 0 Å². The molecule has 164 valence electrons. The lowest BCUT2D eigenvalue weighted by Gasteiger charge is -2.21. The zero-order valence-electron chi connectivity index (χ0n) is 17.5. The number of hydrogen-bond acceptors (Lipinski definition) is 6. The number of fused-ring (bicyclic) bond motifs is 1. The molecule has 4 rings (SSSR count). The first kappa shape index (κ1) is 21.9. The van der Waals surface area contributed by atoms with Crippen molar-refractivity contribution in [2.75, 3.05) is 11.4 Å². The van der Waals surface area contributed by atoms with Crippen LogP contribution in [0.5, 0.6) is 0 Å². The Hall–Kier alpha value is -3.30. The first-order valence-electron chi connectivity index (χ1n) is 9.94. The minimum atomic E-state index is -0.474. The van der Waals surface area contributed by atoms with Gasteiger partial charge in [-0.25, -0.2) is 9.97 Å². The lowest BCUT2D eigenvalue weighted by atomic mass is 10.1. The maximum Gasteiger partial charge on any atom is 0.273 e.